The van der Waals surface area contributed by atoms with E-state index in [0.717, 1.165) is 49.3 Å². The topological polar surface area (TPSA) is 75.5 Å². The van der Waals surface area contributed by atoms with Gasteiger partial charge in [-0.05, 0) is 69.5 Å². The zero-order valence-electron chi connectivity index (χ0n) is 26.5. The highest BCUT2D eigenvalue weighted by Crippen LogP contribution is 2.51. The van der Waals surface area contributed by atoms with Gasteiger partial charge in [-0.25, -0.2) is 4.99 Å². The molecule has 0 N–H and O–H groups in total. The molecule has 2 aliphatic carbocycles. The maximum atomic E-state index is 13.5. The number of hydrogen-bond donors (Lipinski definition) is 0. The molecule has 6 nitrogen and oxygen atoms in total. The quantitative estimate of drug-likeness (QED) is 0.168. The molecule has 0 aliphatic heterocycles. The van der Waals surface area contributed by atoms with Gasteiger partial charge in [0, 0.05) is 44.4 Å². The Morgan fingerprint density at radius 2 is 1.41 bits per heavy atom. The van der Waals surface area contributed by atoms with Crippen molar-refractivity contribution in [2.45, 2.75) is 39.3 Å². The van der Waals surface area contributed by atoms with Crippen molar-refractivity contribution in [1.29, 1.82) is 0 Å². The summed E-state index contributed by atoms with van der Waals surface area (Å²) in [5, 5.41) is 3.15. The lowest BCUT2D eigenvalue weighted by Crippen LogP contribution is -2.34. The second kappa shape index (κ2) is 12.0. The van der Waals surface area contributed by atoms with Crippen molar-refractivity contribution in [3.63, 3.8) is 0 Å². The summed E-state index contributed by atoms with van der Waals surface area (Å²) in [6.07, 6.45) is -4.82. The fourth-order valence-electron chi connectivity index (χ4n) is 7.15. The molecule has 0 bridgehead atoms. The summed E-state index contributed by atoms with van der Waals surface area (Å²) in [5.41, 5.74) is 6.74. The van der Waals surface area contributed by atoms with Gasteiger partial charge < -0.3 is 4.90 Å². The number of hydrogen-bond acceptors (Lipinski definition) is 8. The van der Waals surface area contributed by atoms with Crippen molar-refractivity contribution >= 4 is 84.2 Å². The molecule has 246 valence electrons. The summed E-state index contributed by atoms with van der Waals surface area (Å²) in [4.78, 5) is 33.8. The number of nitrogens with zero attached hydrogens (tertiary/aromatic N) is 4. The van der Waals surface area contributed by atoms with E-state index >= 15 is 0 Å². The van der Waals surface area contributed by atoms with Crippen LogP contribution in [0.5, 0.6) is 0 Å². The third kappa shape index (κ3) is 5.45. The Balaban J connectivity index is 1.23. The van der Waals surface area contributed by atoms with E-state index in [4.69, 9.17) is 0 Å². The second-order valence-corrected chi connectivity index (χ2v) is 14.4. The highest BCUT2D eigenvalue weighted by Gasteiger charge is 2.54. The molecule has 3 atom stereocenters. The summed E-state index contributed by atoms with van der Waals surface area (Å²) in [6, 6.07) is 28.8. The van der Waals surface area contributed by atoms with Gasteiger partial charge >= 0.3 is 6.18 Å². The number of benzene rings is 4. The molecule has 2 saturated carbocycles. The fraction of sp³-hybridized carbons (Fsp3) is 0.237. The molecule has 3 unspecified atom stereocenters. The first-order valence-corrected chi connectivity index (χ1v) is 17.6. The number of carbonyl (C=O) groups is 2. The molecule has 2 heterocycles. The van der Waals surface area contributed by atoms with Crippen LogP contribution in [0.15, 0.2) is 89.9 Å². The Bertz CT molecular complexity index is 2250. The molecule has 11 heteroatoms. The Morgan fingerprint density at radius 3 is 2.06 bits per heavy atom. The van der Waals surface area contributed by atoms with Crippen LogP contribution >= 0.6 is 23.1 Å². The molecule has 6 aromatic rings. The lowest BCUT2D eigenvalue weighted by molar-refractivity contribution is -0.187. The number of anilines is 3. The number of ketones is 2. The van der Waals surface area contributed by atoms with Crippen molar-refractivity contribution in [2.24, 2.45) is 22.7 Å². The number of aryl methyl sites for hydroxylation is 2. The first kappa shape index (κ1) is 31.5. The highest BCUT2D eigenvalue weighted by molar-refractivity contribution is 7.21. The van der Waals surface area contributed by atoms with E-state index in [2.05, 4.69) is 93.2 Å². The molecule has 49 heavy (non-hydrogen) atoms. The van der Waals surface area contributed by atoms with Crippen LogP contribution in [0.2, 0.25) is 0 Å². The molecular weight excluding hydrogens is 666 g/mol. The number of Topliss-reactive ketones (excluding diaryl/α,β-unsaturated/α-hetero) is 2. The molecule has 2 aliphatic rings. The molecule has 8 rings (SSSR count). The van der Waals surface area contributed by atoms with Gasteiger partial charge in [0.25, 0.3) is 0 Å². The number of fused-ring (bicyclic) bond motifs is 3. The lowest BCUT2D eigenvalue weighted by atomic mass is 9.75. The van der Waals surface area contributed by atoms with Gasteiger partial charge in [0.15, 0.2) is 0 Å². The molecular formula is C38H29F3N4O2S2. The van der Waals surface area contributed by atoms with Crippen LogP contribution in [0.3, 0.4) is 0 Å². The third-order valence-electron chi connectivity index (χ3n) is 9.73. The molecule has 0 saturated heterocycles. The number of alkyl halides is 3. The van der Waals surface area contributed by atoms with E-state index in [1.54, 1.807) is 17.4 Å². The molecule has 2 aromatic heterocycles. The lowest BCUT2D eigenvalue weighted by Gasteiger charge is -2.31. The van der Waals surface area contributed by atoms with E-state index in [9.17, 15) is 22.8 Å². The van der Waals surface area contributed by atoms with Gasteiger partial charge in [-0.15, -0.1) is 11.3 Å². The maximum absolute atomic E-state index is 13.5. The number of halogens is 3. The zero-order chi connectivity index (χ0) is 34.0. The minimum atomic E-state index is -4.40. The van der Waals surface area contributed by atoms with Crippen LogP contribution in [0.1, 0.15) is 30.4 Å². The van der Waals surface area contributed by atoms with Crippen LogP contribution < -0.4 is 4.90 Å². The van der Waals surface area contributed by atoms with Crippen molar-refractivity contribution in [1.82, 2.24) is 8.75 Å². The van der Waals surface area contributed by atoms with Gasteiger partial charge in [0.1, 0.15) is 16.0 Å². The van der Waals surface area contributed by atoms with E-state index in [1.165, 1.54) is 11.1 Å². The van der Waals surface area contributed by atoms with Crippen molar-refractivity contribution in [3.8, 4) is 10.4 Å². The van der Waals surface area contributed by atoms with Crippen molar-refractivity contribution in [2.75, 3.05) is 4.90 Å². The minimum absolute atomic E-state index is 0.0355. The van der Waals surface area contributed by atoms with Gasteiger partial charge in [0.05, 0.1) is 29.0 Å². The fourth-order valence-corrected chi connectivity index (χ4v) is 9.06. The number of carbonyl (C=O) groups excluding carboxylic acids is 2. The first-order valence-electron chi connectivity index (χ1n) is 16.0. The van der Waals surface area contributed by atoms with E-state index in [-0.39, 0.29) is 25.0 Å². The average molecular weight is 695 g/mol. The summed E-state index contributed by atoms with van der Waals surface area (Å²) in [7, 11) is 0. The zero-order valence-corrected chi connectivity index (χ0v) is 28.1. The summed E-state index contributed by atoms with van der Waals surface area (Å²) in [5.74, 6) is -4.77. The van der Waals surface area contributed by atoms with Gasteiger partial charge in [-0.2, -0.15) is 21.9 Å². The Hall–Kier alpha value is -4.74. The number of aromatic nitrogens is 2. The van der Waals surface area contributed by atoms with E-state index in [0.29, 0.717) is 16.7 Å². The van der Waals surface area contributed by atoms with E-state index in [1.807, 2.05) is 18.2 Å². The Morgan fingerprint density at radius 1 is 0.776 bits per heavy atom. The predicted molar refractivity (Wildman–Crippen MR) is 190 cm³/mol. The smallest absolute Gasteiger partial charge is 0.301 e. The van der Waals surface area contributed by atoms with Crippen LogP contribution in [0.25, 0.3) is 32.2 Å². The minimum Gasteiger partial charge on any atom is -0.301 e. The first-order chi connectivity index (χ1) is 23.6. The van der Waals surface area contributed by atoms with Crippen LogP contribution in [0.4, 0.5) is 35.2 Å². The summed E-state index contributed by atoms with van der Waals surface area (Å²) in [6.45, 7) is 4.13. The van der Waals surface area contributed by atoms with Gasteiger partial charge in [-0.3, -0.25) is 9.59 Å². The van der Waals surface area contributed by atoms with Gasteiger partial charge in [-0.1, -0.05) is 59.7 Å². The van der Waals surface area contributed by atoms with Gasteiger partial charge in [0.2, 0.25) is 11.6 Å². The Labute approximate surface area is 288 Å². The molecule has 4 aromatic carbocycles. The Kier molecular flexibility index (Phi) is 7.72. The molecule has 0 spiro atoms. The highest BCUT2D eigenvalue weighted by atomic mass is 32.1. The van der Waals surface area contributed by atoms with Crippen molar-refractivity contribution in [3.05, 3.63) is 96.1 Å². The molecule has 2 fully saturated rings. The van der Waals surface area contributed by atoms with Crippen LogP contribution in [-0.4, -0.2) is 32.2 Å². The summed E-state index contributed by atoms with van der Waals surface area (Å²) >= 11 is 2.67. The van der Waals surface area contributed by atoms with E-state index < -0.39 is 35.5 Å². The number of thiophene rings is 1. The largest absolute Gasteiger partial charge is 0.391 e. The van der Waals surface area contributed by atoms with Crippen molar-refractivity contribution < 1.29 is 22.8 Å². The summed E-state index contributed by atoms with van der Waals surface area (Å²) < 4.78 is 49.7. The number of rotatable bonds is 5. The monoisotopic (exact) mass is 694 g/mol. The maximum Gasteiger partial charge on any atom is 0.391 e. The predicted octanol–water partition coefficient (Wildman–Crippen LogP) is 10.5. The normalized spacial score (nSPS) is 20.4. The van der Waals surface area contributed by atoms with Crippen LogP contribution in [0, 0.1) is 31.6 Å². The second-order valence-electron chi connectivity index (χ2n) is 12.8. The molecule has 0 radical (unpaired) electrons. The molecule has 0 amide bonds. The van der Waals surface area contributed by atoms with Crippen LogP contribution in [-0.2, 0) is 9.59 Å². The number of aliphatic imine (C=N–C) groups is 1. The third-order valence-corrected chi connectivity index (χ3v) is 11.5. The SMILES string of the molecule is Cc1ccc(N(c2ccc(C)cc2)c2sc(-c3ccc(N=C4C(=O)C(=O)C5CC(C(F)(F)F)CCC45)c4nsnc34)c3ccccc23)cc1. The average Bonchev–Trinajstić information content (AvgIpc) is 3.79. The standard InChI is InChI=1S/C38H29F3N4O2S2/c1-20-7-12-23(13-8-20)45(24-14-9-21(2)10-15-24)37-27-6-4-3-5-26(27)36(48-37)28-17-18-30(33-31(28)43-49-44-33)42-32-25-16-11-22(38(39,40)41)19-29(25)34(46)35(32)47/h3-10,12-15,17-18,22,25,29H,11,16,19H2,1-2H3.